The zero-order valence-corrected chi connectivity index (χ0v) is 12.1. The summed E-state index contributed by atoms with van der Waals surface area (Å²) in [6.07, 6.45) is -0.0420. The first-order valence-corrected chi connectivity index (χ1v) is 6.82. The van der Waals surface area contributed by atoms with Crippen molar-refractivity contribution in [3.05, 3.63) is 0 Å². The molecule has 0 aliphatic carbocycles. The molecule has 2 fully saturated rings. The second-order valence-corrected chi connectivity index (χ2v) is 6.11. The van der Waals surface area contributed by atoms with Crippen LogP contribution in [0.4, 0.5) is 4.79 Å². The number of carboxylic acid groups (broad SMARTS) is 1. The normalized spacial score (nSPS) is 33.0. The van der Waals surface area contributed by atoms with Crippen LogP contribution in [0.15, 0.2) is 0 Å². The smallest absolute Gasteiger partial charge is 0.317 e. The van der Waals surface area contributed by atoms with E-state index in [9.17, 15) is 9.59 Å². The molecule has 114 valence electrons. The number of ether oxygens (including phenoxy) is 2. The van der Waals surface area contributed by atoms with Gasteiger partial charge < -0.3 is 24.8 Å². The molecule has 2 aliphatic rings. The average molecular weight is 286 g/mol. The maximum Gasteiger partial charge on any atom is 0.317 e. The van der Waals surface area contributed by atoms with Crippen LogP contribution in [0.5, 0.6) is 0 Å². The molecule has 2 N–H and O–H groups in total. The molecule has 3 unspecified atom stereocenters. The number of aliphatic carboxylic acids is 1. The van der Waals surface area contributed by atoms with Gasteiger partial charge in [0.2, 0.25) is 0 Å². The highest BCUT2D eigenvalue weighted by Gasteiger charge is 2.38. The topological polar surface area (TPSA) is 88.1 Å². The van der Waals surface area contributed by atoms with Gasteiger partial charge in [-0.2, -0.15) is 0 Å². The number of carbonyl (C=O) groups is 2. The number of nitrogens with zero attached hydrogens (tertiary/aromatic N) is 1. The largest absolute Gasteiger partial charge is 0.481 e. The van der Waals surface area contributed by atoms with Crippen LogP contribution in [0, 0.1) is 5.92 Å². The van der Waals surface area contributed by atoms with Crippen molar-refractivity contribution in [2.45, 2.75) is 38.5 Å². The average Bonchev–Trinajstić information content (AvgIpc) is 2.74. The van der Waals surface area contributed by atoms with Crippen LogP contribution in [0.2, 0.25) is 0 Å². The predicted octanol–water partition coefficient (Wildman–Crippen LogP) is 0.295. The van der Waals surface area contributed by atoms with Gasteiger partial charge in [0.1, 0.15) is 5.92 Å². The van der Waals surface area contributed by atoms with Gasteiger partial charge in [-0.15, -0.1) is 0 Å². The number of amides is 2. The Morgan fingerprint density at radius 2 is 2.05 bits per heavy atom. The minimum absolute atomic E-state index is 0.0420. The van der Waals surface area contributed by atoms with Crippen molar-refractivity contribution >= 4 is 12.0 Å². The van der Waals surface area contributed by atoms with Gasteiger partial charge in [0.25, 0.3) is 0 Å². The number of nitrogens with one attached hydrogen (secondary N) is 1. The van der Waals surface area contributed by atoms with Crippen LogP contribution < -0.4 is 5.32 Å². The van der Waals surface area contributed by atoms with Crippen LogP contribution in [0.3, 0.4) is 0 Å². The van der Waals surface area contributed by atoms with E-state index >= 15 is 0 Å². The lowest BCUT2D eigenvalue weighted by Gasteiger charge is -2.42. The first kappa shape index (κ1) is 15.1. The zero-order chi connectivity index (χ0) is 14.9. The number of rotatable bonds is 2. The zero-order valence-electron chi connectivity index (χ0n) is 12.1. The minimum atomic E-state index is -0.941. The fourth-order valence-electron chi connectivity index (χ4n) is 2.80. The molecule has 2 saturated heterocycles. The monoisotopic (exact) mass is 286 g/mol. The molecule has 2 amide bonds. The summed E-state index contributed by atoms with van der Waals surface area (Å²) in [4.78, 5) is 25.0. The Morgan fingerprint density at radius 1 is 1.35 bits per heavy atom. The van der Waals surface area contributed by atoms with E-state index in [2.05, 4.69) is 5.32 Å². The third-order valence-corrected chi connectivity index (χ3v) is 3.56. The van der Waals surface area contributed by atoms with Gasteiger partial charge in [0.05, 0.1) is 37.5 Å². The Morgan fingerprint density at radius 3 is 2.65 bits per heavy atom. The molecular weight excluding hydrogens is 264 g/mol. The summed E-state index contributed by atoms with van der Waals surface area (Å²) in [6.45, 7) is 7.15. The van der Waals surface area contributed by atoms with Crippen molar-refractivity contribution in [2.24, 2.45) is 5.92 Å². The highest BCUT2D eigenvalue weighted by Crippen LogP contribution is 2.21. The summed E-state index contributed by atoms with van der Waals surface area (Å²) in [5, 5.41) is 11.8. The molecule has 0 saturated carbocycles. The van der Waals surface area contributed by atoms with Crippen molar-refractivity contribution < 1.29 is 24.2 Å². The Bertz CT molecular complexity index is 398. The Kier molecular flexibility index (Phi) is 4.19. The molecule has 2 rings (SSSR count). The molecule has 0 aromatic heterocycles. The number of carbonyl (C=O) groups excluding carboxylic acids is 1. The van der Waals surface area contributed by atoms with Crippen LogP contribution in [-0.2, 0) is 14.3 Å². The molecule has 2 aliphatic heterocycles. The third-order valence-electron chi connectivity index (χ3n) is 3.56. The second kappa shape index (κ2) is 5.57. The SMILES string of the molecule is CC1CN(C(=O)NC2COCC2C(=O)O)CC(C)(C)O1. The van der Waals surface area contributed by atoms with Crippen molar-refractivity contribution in [2.75, 3.05) is 26.3 Å². The summed E-state index contributed by atoms with van der Waals surface area (Å²) in [6, 6.07) is -0.726. The second-order valence-electron chi connectivity index (χ2n) is 6.11. The first-order valence-electron chi connectivity index (χ1n) is 6.82. The standard InChI is InChI=1S/C13H22N2O5/c1-8-4-15(7-13(2,3)20-8)12(18)14-10-6-19-5-9(10)11(16)17/h8-10H,4-7H2,1-3H3,(H,14,18)(H,16,17). The highest BCUT2D eigenvalue weighted by molar-refractivity contribution is 5.77. The van der Waals surface area contributed by atoms with Gasteiger partial charge in [-0.05, 0) is 20.8 Å². The van der Waals surface area contributed by atoms with Gasteiger partial charge in [-0.3, -0.25) is 4.79 Å². The molecule has 20 heavy (non-hydrogen) atoms. The number of morpholine rings is 1. The maximum atomic E-state index is 12.3. The summed E-state index contributed by atoms with van der Waals surface area (Å²) < 4.78 is 10.9. The van der Waals surface area contributed by atoms with Gasteiger partial charge in [-0.1, -0.05) is 0 Å². The summed E-state index contributed by atoms with van der Waals surface area (Å²) in [5.41, 5.74) is -0.395. The Hall–Kier alpha value is -1.34. The summed E-state index contributed by atoms with van der Waals surface area (Å²) >= 11 is 0. The number of hydrogen-bond donors (Lipinski definition) is 2. The van der Waals surface area contributed by atoms with E-state index in [1.807, 2.05) is 20.8 Å². The van der Waals surface area contributed by atoms with Crippen molar-refractivity contribution in [3.63, 3.8) is 0 Å². The van der Waals surface area contributed by atoms with Crippen molar-refractivity contribution in [1.29, 1.82) is 0 Å². The van der Waals surface area contributed by atoms with Crippen LogP contribution >= 0.6 is 0 Å². The molecule has 2 heterocycles. The van der Waals surface area contributed by atoms with Crippen LogP contribution in [0.1, 0.15) is 20.8 Å². The fraction of sp³-hybridized carbons (Fsp3) is 0.846. The molecule has 0 aromatic rings. The number of urea groups is 1. The predicted molar refractivity (Wildman–Crippen MR) is 70.5 cm³/mol. The molecule has 0 spiro atoms. The third kappa shape index (κ3) is 3.40. The van der Waals surface area contributed by atoms with E-state index in [4.69, 9.17) is 14.6 Å². The van der Waals surface area contributed by atoms with Gasteiger partial charge >= 0.3 is 12.0 Å². The van der Waals surface area contributed by atoms with E-state index in [0.717, 1.165) is 0 Å². The summed E-state index contributed by atoms with van der Waals surface area (Å²) in [7, 11) is 0. The van der Waals surface area contributed by atoms with E-state index < -0.39 is 23.5 Å². The first-order chi connectivity index (χ1) is 9.28. The molecule has 3 atom stereocenters. The molecule has 0 radical (unpaired) electrons. The minimum Gasteiger partial charge on any atom is -0.481 e. The molecule has 0 bridgehead atoms. The van der Waals surface area contributed by atoms with Crippen molar-refractivity contribution in [3.8, 4) is 0 Å². The van der Waals surface area contributed by atoms with E-state index in [0.29, 0.717) is 13.1 Å². The lowest BCUT2D eigenvalue weighted by molar-refractivity contribution is -0.142. The van der Waals surface area contributed by atoms with Crippen LogP contribution in [-0.4, -0.2) is 66.1 Å². The molecule has 0 aromatic carbocycles. The maximum absolute atomic E-state index is 12.3. The lowest BCUT2D eigenvalue weighted by Crippen LogP contribution is -2.58. The quantitative estimate of drug-likeness (QED) is 0.762. The summed E-state index contributed by atoms with van der Waals surface area (Å²) in [5.74, 6) is -1.62. The van der Waals surface area contributed by atoms with Crippen LogP contribution in [0.25, 0.3) is 0 Å². The van der Waals surface area contributed by atoms with Gasteiger partial charge in [-0.25, -0.2) is 4.79 Å². The van der Waals surface area contributed by atoms with Gasteiger partial charge in [0, 0.05) is 6.54 Å². The fourth-order valence-corrected chi connectivity index (χ4v) is 2.80. The van der Waals surface area contributed by atoms with E-state index in [1.165, 1.54) is 0 Å². The number of carboxylic acids is 1. The van der Waals surface area contributed by atoms with E-state index in [-0.39, 0.29) is 25.3 Å². The van der Waals surface area contributed by atoms with Crippen molar-refractivity contribution in [1.82, 2.24) is 10.2 Å². The Balaban J connectivity index is 1.96. The van der Waals surface area contributed by atoms with Gasteiger partial charge in [0.15, 0.2) is 0 Å². The molecule has 7 nitrogen and oxygen atoms in total. The Labute approximate surface area is 118 Å². The molecular formula is C13H22N2O5. The molecule has 7 heteroatoms. The number of hydrogen-bond acceptors (Lipinski definition) is 4. The highest BCUT2D eigenvalue weighted by atomic mass is 16.5. The van der Waals surface area contributed by atoms with E-state index in [1.54, 1.807) is 4.90 Å². The lowest BCUT2D eigenvalue weighted by atomic mass is 10.0.